The Balaban J connectivity index is 1.27. The Morgan fingerprint density at radius 3 is 1.63 bits per heavy atom. The maximum absolute atomic E-state index is 2.53. The minimum atomic E-state index is -0.132. The van der Waals surface area contributed by atoms with Crippen molar-refractivity contribution in [2.45, 2.75) is 70.6 Å². The molecule has 266 valence electrons. The van der Waals surface area contributed by atoms with Gasteiger partial charge in [0.25, 0.3) is 0 Å². The Labute approximate surface area is 322 Å². The van der Waals surface area contributed by atoms with Crippen molar-refractivity contribution in [1.29, 1.82) is 0 Å². The lowest BCUT2D eigenvalue weighted by atomic mass is 9.61. The lowest BCUT2D eigenvalue weighted by Crippen LogP contribution is -2.34. The van der Waals surface area contributed by atoms with Crippen LogP contribution in [-0.2, 0) is 16.2 Å². The molecule has 0 N–H and O–H groups in total. The molecule has 9 rings (SSSR count). The highest BCUT2D eigenvalue weighted by atomic mass is 15.1. The Bertz CT molecular complexity index is 2500. The first-order chi connectivity index (χ1) is 26.0. The van der Waals surface area contributed by atoms with Crippen LogP contribution in [0, 0.1) is 0 Å². The third-order valence-electron chi connectivity index (χ3n) is 12.5. The van der Waals surface area contributed by atoms with Crippen molar-refractivity contribution >= 4 is 17.1 Å². The van der Waals surface area contributed by atoms with Gasteiger partial charge in [0.2, 0.25) is 0 Å². The SMILES string of the molecule is CC1(C)CCC(C)(C)c2c(-c3cc4c(cc3N(c3ccccc3)c3ccc(-c5cccc(-c6ccccc6)c5)cc3)C(C)(C)c3ccccc3-4)cccc21. The van der Waals surface area contributed by atoms with Crippen LogP contribution in [-0.4, -0.2) is 0 Å². The van der Waals surface area contributed by atoms with E-state index in [9.17, 15) is 0 Å². The summed E-state index contributed by atoms with van der Waals surface area (Å²) in [5, 5.41) is 0. The molecular formula is C53H49N. The van der Waals surface area contributed by atoms with E-state index in [0.29, 0.717) is 0 Å². The highest BCUT2D eigenvalue weighted by molar-refractivity contribution is 5.96. The fourth-order valence-corrected chi connectivity index (χ4v) is 9.41. The molecule has 1 heteroatoms. The first-order valence-electron chi connectivity index (χ1n) is 19.6. The van der Waals surface area contributed by atoms with Crippen molar-refractivity contribution in [3.05, 3.63) is 186 Å². The van der Waals surface area contributed by atoms with E-state index in [2.05, 4.69) is 210 Å². The topological polar surface area (TPSA) is 3.24 Å². The molecule has 2 aliphatic rings. The van der Waals surface area contributed by atoms with Crippen LogP contribution in [0.1, 0.15) is 76.6 Å². The molecule has 54 heavy (non-hydrogen) atoms. The summed E-state index contributed by atoms with van der Waals surface area (Å²) in [6.45, 7) is 14.6. The van der Waals surface area contributed by atoms with E-state index in [1.165, 1.54) is 78.9 Å². The summed E-state index contributed by atoms with van der Waals surface area (Å²) >= 11 is 0. The van der Waals surface area contributed by atoms with Crippen LogP contribution in [0.2, 0.25) is 0 Å². The maximum atomic E-state index is 2.53. The molecule has 0 fully saturated rings. The van der Waals surface area contributed by atoms with Gasteiger partial charge in [0.15, 0.2) is 0 Å². The summed E-state index contributed by atoms with van der Waals surface area (Å²) < 4.78 is 0. The monoisotopic (exact) mass is 699 g/mol. The van der Waals surface area contributed by atoms with Gasteiger partial charge in [0.05, 0.1) is 5.69 Å². The molecule has 0 aromatic heterocycles. The number of anilines is 3. The predicted octanol–water partition coefficient (Wildman–Crippen LogP) is 14.8. The Hall–Kier alpha value is -5.66. The zero-order valence-electron chi connectivity index (χ0n) is 32.4. The van der Waals surface area contributed by atoms with Crippen LogP contribution in [0.5, 0.6) is 0 Å². The molecule has 1 nitrogen and oxygen atoms in total. The van der Waals surface area contributed by atoms with Crippen molar-refractivity contribution in [3.8, 4) is 44.5 Å². The second kappa shape index (κ2) is 12.7. The van der Waals surface area contributed by atoms with Gasteiger partial charge < -0.3 is 4.90 Å². The van der Waals surface area contributed by atoms with Crippen molar-refractivity contribution in [3.63, 3.8) is 0 Å². The third-order valence-corrected chi connectivity index (χ3v) is 12.5. The quantitative estimate of drug-likeness (QED) is 0.167. The summed E-state index contributed by atoms with van der Waals surface area (Å²) in [5.74, 6) is 0. The van der Waals surface area contributed by atoms with Crippen molar-refractivity contribution < 1.29 is 0 Å². The molecule has 0 amide bonds. The summed E-state index contributed by atoms with van der Waals surface area (Å²) in [6, 6.07) is 60.9. The van der Waals surface area contributed by atoms with E-state index in [0.717, 1.165) is 17.8 Å². The van der Waals surface area contributed by atoms with Gasteiger partial charge in [-0.3, -0.25) is 0 Å². The zero-order valence-corrected chi connectivity index (χ0v) is 32.4. The fraction of sp³-hybridized carbons (Fsp3) is 0.208. The number of fused-ring (bicyclic) bond motifs is 4. The van der Waals surface area contributed by atoms with Gasteiger partial charge in [-0.05, 0) is 127 Å². The van der Waals surface area contributed by atoms with Crippen LogP contribution >= 0.6 is 0 Å². The largest absolute Gasteiger partial charge is 0.310 e. The molecule has 0 aliphatic heterocycles. The van der Waals surface area contributed by atoms with Gasteiger partial charge in [-0.1, -0.05) is 163 Å². The van der Waals surface area contributed by atoms with Crippen LogP contribution in [0.25, 0.3) is 44.5 Å². The first kappa shape index (κ1) is 34.1. The van der Waals surface area contributed by atoms with E-state index < -0.39 is 0 Å². The average Bonchev–Trinajstić information content (AvgIpc) is 3.42. The highest BCUT2D eigenvalue weighted by Crippen LogP contribution is 2.56. The number of benzene rings is 7. The minimum Gasteiger partial charge on any atom is -0.310 e. The molecule has 2 aliphatic carbocycles. The number of para-hydroxylation sites is 1. The molecule has 0 radical (unpaired) electrons. The molecule has 0 atom stereocenters. The highest BCUT2D eigenvalue weighted by Gasteiger charge is 2.41. The van der Waals surface area contributed by atoms with Crippen LogP contribution < -0.4 is 4.90 Å². The number of hydrogen-bond donors (Lipinski definition) is 0. The van der Waals surface area contributed by atoms with Gasteiger partial charge in [-0.15, -0.1) is 0 Å². The van der Waals surface area contributed by atoms with E-state index in [1.807, 2.05) is 0 Å². The molecule has 0 saturated carbocycles. The minimum absolute atomic E-state index is 0.0441. The number of rotatable bonds is 6. The van der Waals surface area contributed by atoms with E-state index in [1.54, 1.807) is 0 Å². The molecule has 0 saturated heterocycles. The lowest BCUT2D eigenvalue weighted by Gasteiger charge is -2.43. The molecular weight excluding hydrogens is 651 g/mol. The zero-order chi connectivity index (χ0) is 37.2. The van der Waals surface area contributed by atoms with Crippen LogP contribution in [0.3, 0.4) is 0 Å². The summed E-state index contributed by atoms with van der Waals surface area (Å²) in [4.78, 5) is 2.50. The fourth-order valence-electron chi connectivity index (χ4n) is 9.41. The Morgan fingerprint density at radius 2 is 0.907 bits per heavy atom. The molecule has 0 bridgehead atoms. The third kappa shape index (κ3) is 5.61. The molecule has 7 aromatic rings. The summed E-state index contributed by atoms with van der Waals surface area (Å²) in [7, 11) is 0. The Morgan fingerprint density at radius 1 is 0.370 bits per heavy atom. The second-order valence-electron chi connectivity index (χ2n) is 17.2. The second-order valence-corrected chi connectivity index (χ2v) is 17.2. The lowest BCUT2D eigenvalue weighted by molar-refractivity contribution is 0.333. The molecule has 0 spiro atoms. The molecule has 0 unspecified atom stereocenters. The smallest absolute Gasteiger partial charge is 0.0543 e. The summed E-state index contributed by atoms with van der Waals surface area (Å²) in [5.41, 5.74) is 19.5. The van der Waals surface area contributed by atoms with Crippen LogP contribution in [0.4, 0.5) is 17.1 Å². The normalized spacial score (nSPS) is 15.9. The average molecular weight is 700 g/mol. The first-order valence-corrected chi connectivity index (χ1v) is 19.6. The van der Waals surface area contributed by atoms with Gasteiger partial charge in [0.1, 0.15) is 0 Å². The van der Waals surface area contributed by atoms with Gasteiger partial charge in [0, 0.05) is 22.4 Å². The predicted molar refractivity (Wildman–Crippen MR) is 230 cm³/mol. The van der Waals surface area contributed by atoms with Crippen molar-refractivity contribution in [2.24, 2.45) is 0 Å². The molecule has 7 aromatic carbocycles. The van der Waals surface area contributed by atoms with Gasteiger partial charge >= 0.3 is 0 Å². The van der Waals surface area contributed by atoms with Gasteiger partial charge in [-0.25, -0.2) is 0 Å². The standard InChI is InChI=1S/C53H49N/c1-51(2)31-32-52(3,4)50-43(24-16-26-47(50)51)45-34-44-42-23-13-14-25-46(42)53(5,6)48(44)35-49(45)54(40-21-11-8-12-22-40)41-29-27-37(28-30-41)39-20-15-19-38(33-39)36-17-9-7-10-18-36/h7-30,33-35H,31-32H2,1-6H3. The van der Waals surface area contributed by atoms with Crippen molar-refractivity contribution in [2.75, 3.05) is 4.90 Å². The number of nitrogens with zero attached hydrogens (tertiary/aromatic N) is 1. The molecule has 0 heterocycles. The number of hydrogen-bond acceptors (Lipinski definition) is 1. The van der Waals surface area contributed by atoms with Crippen molar-refractivity contribution in [1.82, 2.24) is 0 Å². The van der Waals surface area contributed by atoms with E-state index in [4.69, 9.17) is 0 Å². The van der Waals surface area contributed by atoms with E-state index in [-0.39, 0.29) is 16.2 Å². The Kier molecular flexibility index (Phi) is 8.05. The van der Waals surface area contributed by atoms with Gasteiger partial charge in [-0.2, -0.15) is 0 Å². The maximum Gasteiger partial charge on any atom is 0.0543 e. The summed E-state index contributed by atoms with van der Waals surface area (Å²) in [6.07, 6.45) is 2.35. The van der Waals surface area contributed by atoms with E-state index >= 15 is 0 Å². The van der Waals surface area contributed by atoms with Crippen LogP contribution in [0.15, 0.2) is 164 Å².